The Kier molecular flexibility index (Phi) is 2.96. The van der Waals surface area contributed by atoms with Gasteiger partial charge in [-0.2, -0.15) is 0 Å². The fraction of sp³-hybridized carbons (Fsp3) is 0.571. The number of aromatic nitrogens is 1. The van der Waals surface area contributed by atoms with Crippen LogP contribution in [0.25, 0.3) is 0 Å². The first kappa shape index (κ1) is 8.62. The molecule has 0 fully saturated rings. The number of nitrogens with zero attached hydrogens (tertiary/aromatic N) is 1. The third-order valence-electron chi connectivity index (χ3n) is 1.07. The standard InChI is InChI=1S/C7H12N2OS/c1-5(8)4-11-7-9-6(2)3-10-7/h3,5H,4,8H2,1-2H3. The Morgan fingerprint density at radius 3 is 3.00 bits per heavy atom. The second-order valence-electron chi connectivity index (χ2n) is 2.54. The molecule has 62 valence electrons. The summed E-state index contributed by atoms with van der Waals surface area (Å²) in [5.41, 5.74) is 6.47. The largest absolute Gasteiger partial charge is 0.440 e. The van der Waals surface area contributed by atoms with Crippen LogP contribution >= 0.6 is 11.8 Å². The molecule has 0 aliphatic carbocycles. The number of aryl methyl sites for hydroxylation is 1. The normalized spacial score (nSPS) is 13.4. The molecule has 3 nitrogen and oxygen atoms in total. The van der Waals surface area contributed by atoms with Crippen LogP contribution in [0.1, 0.15) is 12.6 Å². The zero-order valence-electron chi connectivity index (χ0n) is 6.70. The van der Waals surface area contributed by atoms with Crippen LogP contribution < -0.4 is 5.73 Å². The number of hydrogen-bond acceptors (Lipinski definition) is 4. The summed E-state index contributed by atoms with van der Waals surface area (Å²) >= 11 is 1.55. The highest BCUT2D eigenvalue weighted by atomic mass is 32.2. The van der Waals surface area contributed by atoms with Gasteiger partial charge in [0.2, 0.25) is 0 Å². The second-order valence-corrected chi connectivity index (χ2v) is 3.51. The molecule has 0 aromatic carbocycles. The first-order valence-electron chi connectivity index (χ1n) is 3.49. The van der Waals surface area contributed by atoms with Gasteiger partial charge in [0.25, 0.3) is 5.22 Å². The first-order chi connectivity index (χ1) is 5.18. The lowest BCUT2D eigenvalue weighted by atomic mass is 10.4. The lowest BCUT2D eigenvalue weighted by Gasteiger charge is -1.99. The Bertz CT molecular complexity index is 222. The van der Waals surface area contributed by atoms with Gasteiger partial charge in [-0.15, -0.1) is 0 Å². The van der Waals surface area contributed by atoms with Gasteiger partial charge in [-0.3, -0.25) is 0 Å². The molecule has 0 aliphatic heterocycles. The van der Waals surface area contributed by atoms with E-state index in [0.717, 1.165) is 11.4 Å². The molecule has 1 atom stereocenters. The molecule has 4 heteroatoms. The molecule has 1 aromatic rings. The Labute approximate surface area is 70.4 Å². The van der Waals surface area contributed by atoms with Crippen molar-refractivity contribution in [3.8, 4) is 0 Å². The number of thioether (sulfide) groups is 1. The predicted molar refractivity (Wildman–Crippen MR) is 45.6 cm³/mol. The zero-order valence-corrected chi connectivity index (χ0v) is 7.52. The topological polar surface area (TPSA) is 52.0 Å². The molecule has 1 rings (SSSR count). The number of hydrogen-bond donors (Lipinski definition) is 1. The summed E-state index contributed by atoms with van der Waals surface area (Å²) in [7, 11) is 0. The quantitative estimate of drug-likeness (QED) is 0.701. The van der Waals surface area contributed by atoms with E-state index in [1.165, 1.54) is 0 Å². The third kappa shape index (κ3) is 2.95. The molecule has 1 aromatic heterocycles. The molecule has 11 heavy (non-hydrogen) atoms. The molecule has 0 aliphatic rings. The van der Waals surface area contributed by atoms with Gasteiger partial charge in [0, 0.05) is 11.8 Å². The zero-order chi connectivity index (χ0) is 8.27. The number of nitrogens with two attached hydrogens (primary N) is 1. The molecular formula is C7H12N2OS. The summed E-state index contributed by atoms with van der Waals surface area (Å²) in [6, 6.07) is 0.187. The molecule has 0 radical (unpaired) electrons. The van der Waals surface area contributed by atoms with Crippen molar-refractivity contribution in [2.75, 3.05) is 5.75 Å². The van der Waals surface area contributed by atoms with E-state index in [9.17, 15) is 0 Å². The average molecular weight is 172 g/mol. The van der Waals surface area contributed by atoms with Crippen molar-refractivity contribution in [2.24, 2.45) is 5.73 Å². The van der Waals surface area contributed by atoms with Crippen LogP contribution in [0.2, 0.25) is 0 Å². The van der Waals surface area contributed by atoms with E-state index in [0.29, 0.717) is 5.22 Å². The summed E-state index contributed by atoms with van der Waals surface area (Å²) in [4.78, 5) is 4.12. The minimum absolute atomic E-state index is 0.187. The lowest BCUT2D eigenvalue weighted by Crippen LogP contribution is -2.17. The molecule has 1 heterocycles. The molecular weight excluding hydrogens is 160 g/mol. The fourth-order valence-corrected chi connectivity index (χ4v) is 1.33. The molecule has 0 bridgehead atoms. The maximum atomic E-state index is 5.56. The van der Waals surface area contributed by atoms with Crippen LogP contribution in [0.3, 0.4) is 0 Å². The van der Waals surface area contributed by atoms with Gasteiger partial charge in [0.1, 0.15) is 6.26 Å². The number of rotatable bonds is 3. The summed E-state index contributed by atoms with van der Waals surface area (Å²) < 4.78 is 5.11. The number of oxazole rings is 1. The van der Waals surface area contributed by atoms with Gasteiger partial charge >= 0.3 is 0 Å². The van der Waals surface area contributed by atoms with Gasteiger partial charge in [-0.25, -0.2) is 4.98 Å². The molecule has 2 N–H and O–H groups in total. The van der Waals surface area contributed by atoms with Crippen molar-refractivity contribution in [3.63, 3.8) is 0 Å². The Hall–Kier alpha value is -0.480. The van der Waals surface area contributed by atoms with Crippen LogP contribution in [-0.2, 0) is 0 Å². The van der Waals surface area contributed by atoms with Gasteiger partial charge in [-0.1, -0.05) is 11.8 Å². The minimum atomic E-state index is 0.187. The summed E-state index contributed by atoms with van der Waals surface area (Å²) in [6.07, 6.45) is 1.64. The van der Waals surface area contributed by atoms with Gasteiger partial charge in [0.05, 0.1) is 5.69 Å². The van der Waals surface area contributed by atoms with Gasteiger partial charge in [-0.05, 0) is 13.8 Å². The first-order valence-corrected chi connectivity index (χ1v) is 4.47. The minimum Gasteiger partial charge on any atom is -0.440 e. The van der Waals surface area contributed by atoms with Crippen LogP contribution in [-0.4, -0.2) is 16.8 Å². The molecule has 0 amide bonds. The van der Waals surface area contributed by atoms with Crippen molar-refractivity contribution >= 4 is 11.8 Å². The highest BCUT2D eigenvalue weighted by molar-refractivity contribution is 7.99. The molecule has 1 unspecified atom stereocenters. The van der Waals surface area contributed by atoms with Crippen molar-refractivity contribution < 1.29 is 4.42 Å². The Morgan fingerprint density at radius 2 is 2.55 bits per heavy atom. The monoisotopic (exact) mass is 172 g/mol. The van der Waals surface area contributed by atoms with E-state index >= 15 is 0 Å². The predicted octanol–water partition coefficient (Wildman–Crippen LogP) is 1.42. The third-order valence-corrected chi connectivity index (χ3v) is 2.19. The maximum Gasteiger partial charge on any atom is 0.255 e. The van der Waals surface area contributed by atoms with Crippen molar-refractivity contribution in [3.05, 3.63) is 12.0 Å². The van der Waals surface area contributed by atoms with Crippen molar-refractivity contribution in [1.82, 2.24) is 4.98 Å². The average Bonchev–Trinajstić information content (AvgIpc) is 2.31. The van der Waals surface area contributed by atoms with E-state index in [1.54, 1.807) is 18.0 Å². The van der Waals surface area contributed by atoms with Crippen LogP contribution in [0.4, 0.5) is 0 Å². The summed E-state index contributed by atoms with van der Waals surface area (Å²) in [6.45, 7) is 3.86. The van der Waals surface area contributed by atoms with Gasteiger partial charge in [0.15, 0.2) is 0 Å². The van der Waals surface area contributed by atoms with Crippen LogP contribution in [0, 0.1) is 6.92 Å². The lowest BCUT2D eigenvalue weighted by molar-refractivity contribution is 0.453. The summed E-state index contributed by atoms with van der Waals surface area (Å²) in [5, 5.41) is 0.708. The van der Waals surface area contributed by atoms with Crippen molar-refractivity contribution in [2.45, 2.75) is 25.1 Å². The highest BCUT2D eigenvalue weighted by Crippen LogP contribution is 2.16. The van der Waals surface area contributed by atoms with Gasteiger partial charge < -0.3 is 10.2 Å². The fourth-order valence-electron chi connectivity index (χ4n) is 0.601. The summed E-state index contributed by atoms with van der Waals surface area (Å²) in [5.74, 6) is 0.847. The molecule has 0 saturated heterocycles. The Morgan fingerprint density at radius 1 is 1.82 bits per heavy atom. The van der Waals surface area contributed by atoms with E-state index in [2.05, 4.69) is 4.98 Å². The van der Waals surface area contributed by atoms with E-state index in [1.807, 2.05) is 13.8 Å². The smallest absolute Gasteiger partial charge is 0.255 e. The van der Waals surface area contributed by atoms with Crippen LogP contribution in [0.5, 0.6) is 0 Å². The van der Waals surface area contributed by atoms with E-state index in [-0.39, 0.29) is 6.04 Å². The van der Waals surface area contributed by atoms with E-state index < -0.39 is 0 Å². The maximum absolute atomic E-state index is 5.56. The highest BCUT2D eigenvalue weighted by Gasteiger charge is 2.02. The SMILES string of the molecule is Cc1coc(SCC(C)N)n1. The van der Waals surface area contributed by atoms with E-state index in [4.69, 9.17) is 10.2 Å². The molecule has 0 spiro atoms. The van der Waals surface area contributed by atoms with Crippen LogP contribution in [0.15, 0.2) is 15.9 Å². The second kappa shape index (κ2) is 3.78. The molecule has 0 saturated carbocycles. The van der Waals surface area contributed by atoms with Crippen molar-refractivity contribution in [1.29, 1.82) is 0 Å². The Balaban J connectivity index is 2.39.